The molecule has 1 heterocycles. The third-order valence-corrected chi connectivity index (χ3v) is 2.80. The lowest BCUT2D eigenvalue weighted by atomic mass is 9.93. The molecule has 0 radical (unpaired) electrons. The van der Waals surface area contributed by atoms with Crippen LogP contribution < -0.4 is 0 Å². The van der Waals surface area contributed by atoms with Gasteiger partial charge in [0.25, 0.3) is 0 Å². The number of hydrogen-bond acceptors (Lipinski definition) is 2. The molecule has 1 aliphatic rings. The summed E-state index contributed by atoms with van der Waals surface area (Å²) in [6.45, 7) is 0. The molecule has 0 unspecified atom stereocenters. The number of para-hydroxylation sites is 1. The summed E-state index contributed by atoms with van der Waals surface area (Å²) in [6.07, 6.45) is 3.85. The van der Waals surface area contributed by atoms with Crippen LogP contribution in [0.3, 0.4) is 0 Å². The molecule has 0 bridgehead atoms. The Labute approximate surface area is 76.4 Å². The van der Waals surface area contributed by atoms with Crippen LogP contribution in [0.1, 0.15) is 25.3 Å². The lowest BCUT2D eigenvalue weighted by Crippen LogP contribution is -2.17. The molecular formula is C10H11N3. The highest BCUT2D eigenvalue weighted by Gasteiger charge is 2.21. The average molecular weight is 173 g/mol. The van der Waals surface area contributed by atoms with E-state index in [0.717, 1.165) is 5.52 Å². The van der Waals surface area contributed by atoms with Gasteiger partial charge in [0.05, 0.1) is 11.6 Å². The molecule has 66 valence electrons. The standard InChI is InChI=1S/C10H11N3/c1-2-7-10-9(6-1)11-12-13(10)8-4-3-5-8/h1-2,6-8H,3-5H2. The fourth-order valence-corrected chi connectivity index (χ4v) is 1.79. The molecule has 1 aromatic carbocycles. The lowest BCUT2D eigenvalue weighted by molar-refractivity contribution is 0.292. The normalized spacial score (nSPS) is 17.5. The van der Waals surface area contributed by atoms with Gasteiger partial charge in [0.15, 0.2) is 0 Å². The number of rotatable bonds is 1. The predicted octanol–water partition coefficient (Wildman–Crippen LogP) is 2.16. The minimum Gasteiger partial charge on any atom is -0.242 e. The number of aromatic nitrogens is 3. The summed E-state index contributed by atoms with van der Waals surface area (Å²) in [4.78, 5) is 0. The molecule has 1 aromatic heterocycles. The van der Waals surface area contributed by atoms with Crippen molar-refractivity contribution >= 4 is 11.0 Å². The lowest BCUT2D eigenvalue weighted by Gasteiger charge is -2.25. The van der Waals surface area contributed by atoms with Crippen LogP contribution in [0.5, 0.6) is 0 Å². The van der Waals surface area contributed by atoms with Crippen molar-refractivity contribution in [2.24, 2.45) is 0 Å². The van der Waals surface area contributed by atoms with E-state index in [9.17, 15) is 0 Å². The van der Waals surface area contributed by atoms with Crippen molar-refractivity contribution in [1.29, 1.82) is 0 Å². The third kappa shape index (κ3) is 0.963. The monoisotopic (exact) mass is 173 g/mol. The maximum atomic E-state index is 4.18. The van der Waals surface area contributed by atoms with E-state index in [-0.39, 0.29) is 0 Å². The van der Waals surface area contributed by atoms with Gasteiger partial charge in [-0.1, -0.05) is 17.3 Å². The van der Waals surface area contributed by atoms with Gasteiger partial charge in [-0.15, -0.1) is 5.10 Å². The highest BCUT2D eigenvalue weighted by molar-refractivity contribution is 5.73. The first-order valence-corrected chi connectivity index (χ1v) is 4.75. The van der Waals surface area contributed by atoms with Crippen LogP contribution in [0, 0.1) is 0 Å². The van der Waals surface area contributed by atoms with E-state index in [1.807, 2.05) is 18.2 Å². The summed E-state index contributed by atoms with van der Waals surface area (Å²) >= 11 is 0. The summed E-state index contributed by atoms with van der Waals surface area (Å²) in [6, 6.07) is 8.75. The SMILES string of the molecule is c1ccc2c(c1)nnn2C1CCC1. The Balaban J connectivity index is 2.17. The maximum Gasteiger partial charge on any atom is 0.113 e. The fourth-order valence-electron chi connectivity index (χ4n) is 1.79. The van der Waals surface area contributed by atoms with Crippen molar-refractivity contribution in [2.45, 2.75) is 25.3 Å². The molecule has 3 rings (SSSR count). The van der Waals surface area contributed by atoms with Gasteiger partial charge in [-0.25, -0.2) is 4.68 Å². The Bertz CT molecular complexity index is 428. The molecule has 0 aliphatic heterocycles. The van der Waals surface area contributed by atoms with Gasteiger partial charge in [-0.2, -0.15) is 0 Å². The molecule has 0 spiro atoms. The van der Waals surface area contributed by atoms with Gasteiger partial charge in [0.1, 0.15) is 5.52 Å². The second-order valence-electron chi connectivity index (χ2n) is 3.61. The summed E-state index contributed by atoms with van der Waals surface area (Å²) in [5.41, 5.74) is 2.18. The van der Waals surface area contributed by atoms with E-state index in [0.29, 0.717) is 6.04 Å². The Morgan fingerprint density at radius 3 is 2.85 bits per heavy atom. The van der Waals surface area contributed by atoms with Crippen molar-refractivity contribution in [3.05, 3.63) is 24.3 Å². The van der Waals surface area contributed by atoms with Crippen LogP contribution >= 0.6 is 0 Å². The van der Waals surface area contributed by atoms with Crippen LogP contribution in [0.2, 0.25) is 0 Å². The molecule has 13 heavy (non-hydrogen) atoms. The van der Waals surface area contributed by atoms with Crippen LogP contribution in [0.15, 0.2) is 24.3 Å². The second kappa shape index (κ2) is 2.55. The third-order valence-electron chi connectivity index (χ3n) is 2.80. The average Bonchev–Trinajstić information content (AvgIpc) is 2.47. The molecule has 0 N–H and O–H groups in total. The molecule has 1 aliphatic carbocycles. The molecule has 0 amide bonds. The Morgan fingerprint density at radius 2 is 2.08 bits per heavy atom. The first-order valence-electron chi connectivity index (χ1n) is 4.75. The van der Waals surface area contributed by atoms with Gasteiger partial charge in [-0.3, -0.25) is 0 Å². The van der Waals surface area contributed by atoms with Gasteiger partial charge in [0.2, 0.25) is 0 Å². The summed E-state index contributed by atoms with van der Waals surface area (Å²) in [5, 5.41) is 8.32. The smallest absolute Gasteiger partial charge is 0.113 e. The molecule has 0 atom stereocenters. The van der Waals surface area contributed by atoms with Crippen LogP contribution in [0.25, 0.3) is 11.0 Å². The molecule has 1 fully saturated rings. The van der Waals surface area contributed by atoms with Crippen LogP contribution in [-0.4, -0.2) is 15.0 Å². The number of fused-ring (bicyclic) bond motifs is 1. The molecule has 3 heteroatoms. The minimum atomic E-state index is 0.604. The molecule has 3 nitrogen and oxygen atoms in total. The molecule has 1 saturated carbocycles. The van der Waals surface area contributed by atoms with E-state index in [1.165, 1.54) is 24.8 Å². The minimum absolute atomic E-state index is 0.604. The van der Waals surface area contributed by atoms with E-state index in [1.54, 1.807) is 0 Å². The predicted molar refractivity (Wildman–Crippen MR) is 50.4 cm³/mol. The number of hydrogen-bond donors (Lipinski definition) is 0. The van der Waals surface area contributed by atoms with E-state index in [2.05, 4.69) is 21.1 Å². The quantitative estimate of drug-likeness (QED) is 0.661. The molecule has 0 saturated heterocycles. The second-order valence-corrected chi connectivity index (χ2v) is 3.61. The van der Waals surface area contributed by atoms with Crippen molar-refractivity contribution in [2.75, 3.05) is 0 Å². The van der Waals surface area contributed by atoms with Crippen LogP contribution in [0.4, 0.5) is 0 Å². The zero-order chi connectivity index (χ0) is 8.67. The van der Waals surface area contributed by atoms with Crippen molar-refractivity contribution in [3.63, 3.8) is 0 Å². The van der Waals surface area contributed by atoms with Gasteiger partial charge >= 0.3 is 0 Å². The zero-order valence-electron chi connectivity index (χ0n) is 7.35. The Morgan fingerprint density at radius 1 is 1.23 bits per heavy atom. The summed E-state index contributed by atoms with van der Waals surface area (Å²) in [5.74, 6) is 0. The zero-order valence-corrected chi connectivity index (χ0v) is 7.35. The first kappa shape index (κ1) is 7.06. The largest absolute Gasteiger partial charge is 0.242 e. The van der Waals surface area contributed by atoms with E-state index >= 15 is 0 Å². The van der Waals surface area contributed by atoms with Crippen molar-refractivity contribution in [1.82, 2.24) is 15.0 Å². The Hall–Kier alpha value is -1.38. The van der Waals surface area contributed by atoms with Gasteiger partial charge < -0.3 is 0 Å². The number of nitrogens with zero attached hydrogens (tertiary/aromatic N) is 3. The summed E-state index contributed by atoms with van der Waals surface area (Å²) < 4.78 is 2.07. The highest BCUT2D eigenvalue weighted by atomic mass is 15.4. The van der Waals surface area contributed by atoms with Crippen LogP contribution in [-0.2, 0) is 0 Å². The van der Waals surface area contributed by atoms with Gasteiger partial charge in [-0.05, 0) is 31.4 Å². The first-order chi connectivity index (χ1) is 6.45. The summed E-state index contributed by atoms with van der Waals surface area (Å²) in [7, 11) is 0. The molecular weight excluding hydrogens is 162 g/mol. The molecule has 2 aromatic rings. The number of benzene rings is 1. The van der Waals surface area contributed by atoms with E-state index < -0.39 is 0 Å². The highest BCUT2D eigenvalue weighted by Crippen LogP contribution is 2.32. The van der Waals surface area contributed by atoms with Crippen molar-refractivity contribution < 1.29 is 0 Å². The van der Waals surface area contributed by atoms with Crippen molar-refractivity contribution in [3.8, 4) is 0 Å². The van der Waals surface area contributed by atoms with E-state index in [4.69, 9.17) is 0 Å². The fraction of sp³-hybridized carbons (Fsp3) is 0.400. The Kier molecular flexibility index (Phi) is 1.39. The maximum absolute atomic E-state index is 4.18. The van der Waals surface area contributed by atoms with Gasteiger partial charge in [0, 0.05) is 0 Å². The topological polar surface area (TPSA) is 30.7 Å².